The summed E-state index contributed by atoms with van der Waals surface area (Å²) in [5, 5.41) is 0.0810. The van der Waals surface area contributed by atoms with E-state index in [1.807, 2.05) is 0 Å². The van der Waals surface area contributed by atoms with E-state index < -0.39 is 20.8 Å². The van der Waals surface area contributed by atoms with Crippen LogP contribution in [0.5, 0.6) is 0 Å². The number of halogens is 1. The van der Waals surface area contributed by atoms with Crippen LogP contribution < -0.4 is 5.30 Å². The van der Waals surface area contributed by atoms with Crippen molar-refractivity contribution < 1.29 is 28.7 Å². The first-order valence-corrected chi connectivity index (χ1v) is 8.24. The van der Waals surface area contributed by atoms with Crippen LogP contribution in [0.3, 0.4) is 0 Å². The molecule has 98 valence electrons. The number of aryl methyl sites for hydroxylation is 1. The lowest BCUT2D eigenvalue weighted by molar-refractivity contribution is 0.378. The van der Waals surface area contributed by atoms with E-state index in [-0.39, 0.29) is 5.30 Å². The fourth-order valence-electron chi connectivity index (χ4n) is 0.809. The molecule has 9 heteroatoms. The van der Waals surface area contributed by atoms with Crippen molar-refractivity contribution in [2.24, 2.45) is 0 Å². The Balaban J connectivity index is 0.000000366. The molecule has 0 atom stereocenters. The van der Waals surface area contributed by atoms with Crippen LogP contribution in [0, 0.1) is 6.92 Å². The lowest BCUT2D eigenvalue weighted by atomic mass is 10.2. The minimum Gasteiger partial charge on any atom is -0.324 e. The standard InChI is InChI=1S/C7H9O3P.CH4ClO3P/c1-6-3-2-4-7(5-6)11(8,9)10;2-1-6(3,4)5/h2-5H,1H3,(H2,8,9,10);1H2,(H2,3,4,5). The highest BCUT2D eigenvalue weighted by molar-refractivity contribution is 7.60. The van der Waals surface area contributed by atoms with Gasteiger partial charge in [0.2, 0.25) is 0 Å². The average Bonchev–Trinajstić information content (AvgIpc) is 2.16. The van der Waals surface area contributed by atoms with Crippen molar-refractivity contribution in [3.63, 3.8) is 0 Å². The van der Waals surface area contributed by atoms with Gasteiger partial charge in [0, 0.05) is 0 Å². The first kappa shape index (κ1) is 16.8. The van der Waals surface area contributed by atoms with E-state index in [4.69, 9.17) is 31.2 Å². The molecule has 0 spiro atoms. The zero-order valence-corrected chi connectivity index (χ0v) is 11.4. The van der Waals surface area contributed by atoms with Gasteiger partial charge in [-0.05, 0) is 19.1 Å². The first-order valence-electron chi connectivity index (χ1n) is 4.29. The number of hydrogen-bond acceptors (Lipinski definition) is 2. The SMILES string of the molecule is Cc1cccc(P(=O)(O)O)c1.O=P(O)(O)CCl. The molecule has 0 saturated heterocycles. The molecule has 1 rings (SSSR count). The zero-order chi connectivity index (χ0) is 13.7. The van der Waals surface area contributed by atoms with E-state index in [0.717, 1.165) is 5.56 Å². The third kappa shape index (κ3) is 8.52. The molecule has 0 heterocycles. The maximum Gasteiger partial charge on any atom is 0.356 e. The van der Waals surface area contributed by atoms with Crippen LogP contribution in [0.4, 0.5) is 0 Å². The average molecular weight is 303 g/mol. The summed E-state index contributed by atoms with van der Waals surface area (Å²) in [7, 11) is -7.93. The molecule has 17 heavy (non-hydrogen) atoms. The Morgan fingerprint density at radius 1 is 1.18 bits per heavy atom. The third-order valence-electron chi connectivity index (χ3n) is 1.49. The summed E-state index contributed by atoms with van der Waals surface area (Å²) in [6.45, 7) is 1.79. The monoisotopic (exact) mass is 302 g/mol. The minimum absolute atomic E-state index is 0.0810. The highest BCUT2D eigenvalue weighted by Crippen LogP contribution is 2.34. The molecular weight excluding hydrogens is 289 g/mol. The molecule has 1 aromatic rings. The third-order valence-corrected chi connectivity index (χ3v) is 3.69. The van der Waals surface area contributed by atoms with Crippen LogP contribution in [-0.4, -0.2) is 25.2 Å². The van der Waals surface area contributed by atoms with Gasteiger partial charge in [0.15, 0.2) is 0 Å². The summed E-state index contributed by atoms with van der Waals surface area (Å²) in [6, 6.07) is 6.33. The molecular formula is C8H13ClO6P2. The topological polar surface area (TPSA) is 115 Å². The molecule has 0 bridgehead atoms. The van der Waals surface area contributed by atoms with Gasteiger partial charge in [0.05, 0.1) is 5.30 Å². The predicted octanol–water partition coefficient (Wildman–Crippen LogP) is 1.16. The Kier molecular flexibility index (Phi) is 6.59. The van der Waals surface area contributed by atoms with Gasteiger partial charge in [-0.2, -0.15) is 0 Å². The summed E-state index contributed by atoms with van der Waals surface area (Å²) in [4.78, 5) is 33.1. The summed E-state index contributed by atoms with van der Waals surface area (Å²) >= 11 is 4.71. The van der Waals surface area contributed by atoms with E-state index in [0.29, 0.717) is 0 Å². The molecule has 0 amide bonds. The van der Waals surface area contributed by atoms with Crippen LogP contribution in [0.1, 0.15) is 5.56 Å². The van der Waals surface area contributed by atoms with Crippen molar-refractivity contribution in [3.8, 4) is 0 Å². The van der Waals surface area contributed by atoms with Gasteiger partial charge < -0.3 is 19.6 Å². The summed E-state index contributed by atoms with van der Waals surface area (Å²) < 4.78 is 20.2. The molecule has 0 aliphatic heterocycles. The fraction of sp³-hybridized carbons (Fsp3) is 0.250. The van der Waals surface area contributed by atoms with Crippen molar-refractivity contribution in [1.29, 1.82) is 0 Å². The van der Waals surface area contributed by atoms with E-state index in [2.05, 4.69) is 0 Å². The Morgan fingerprint density at radius 2 is 1.65 bits per heavy atom. The second-order valence-electron chi connectivity index (χ2n) is 3.17. The van der Waals surface area contributed by atoms with Crippen LogP contribution in [-0.2, 0) is 9.13 Å². The van der Waals surface area contributed by atoms with Crippen LogP contribution >= 0.6 is 26.8 Å². The zero-order valence-electron chi connectivity index (χ0n) is 8.89. The van der Waals surface area contributed by atoms with Gasteiger partial charge in [-0.15, -0.1) is 11.6 Å². The first-order chi connectivity index (χ1) is 7.56. The molecule has 0 fully saturated rings. The summed E-state index contributed by atoms with van der Waals surface area (Å²) in [5.74, 6) is 0. The summed E-state index contributed by atoms with van der Waals surface area (Å²) in [5.41, 5.74) is 0.262. The van der Waals surface area contributed by atoms with Crippen LogP contribution in [0.2, 0.25) is 0 Å². The number of benzene rings is 1. The van der Waals surface area contributed by atoms with E-state index >= 15 is 0 Å². The molecule has 0 aliphatic rings. The number of rotatable bonds is 2. The van der Waals surface area contributed by atoms with E-state index in [1.54, 1.807) is 19.1 Å². The van der Waals surface area contributed by atoms with Gasteiger partial charge in [-0.1, -0.05) is 17.7 Å². The largest absolute Gasteiger partial charge is 0.356 e. The molecule has 0 aromatic heterocycles. The van der Waals surface area contributed by atoms with Crippen molar-refractivity contribution in [2.75, 3.05) is 5.62 Å². The molecule has 0 saturated carbocycles. The van der Waals surface area contributed by atoms with Crippen molar-refractivity contribution in [3.05, 3.63) is 29.8 Å². The second kappa shape index (κ2) is 6.66. The lowest BCUT2D eigenvalue weighted by Crippen LogP contribution is -2.02. The minimum atomic E-state index is -4.05. The normalized spacial score (nSPS) is 11.6. The Hall–Kier alpha value is -0.190. The van der Waals surface area contributed by atoms with Gasteiger partial charge >= 0.3 is 15.2 Å². The van der Waals surface area contributed by atoms with Gasteiger partial charge in [-0.25, -0.2) is 0 Å². The van der Waals surface area contributed by atoms with E-state index in [1.165, 1.54) is 12.1 Å². The van der Waals surface area contributed by atoms with Crippen LogP contribution in [0.15, 0.2) is 24.3 Å². The molecule has 0 aliphatic carbocycles. The van der Waals surface area contributed by atoms with E-state index in [9.17, 15) is 9.13 Å². The van der Waals surface area contributed by atoms with Crippen LogP contribution in [0.25, 0.3) is 0 Å². The number of hydrogen-bond donors (Lipinski definition) is 4. The Bertz CT molecular complexity index is 451. The van der Waals surface area contributed by atoms with Crippen molar-refractivity contribution in [1.82, 2.24) is 0 Å². The quantitative estimate of drug-likeness (QED) is 0.481. The summed E-state index contributed by atoms with van der Waals surface area (Å²) in [6.07, 6.45) is 0. The van der Waals surface area contributed by atoms with Crippen molar-refractivity contribution in [2.45, 2.75) is 6.92 Å². The Labute approximate surface area is 104 Å². The van der Waals surface area contributed by atoms with Gasteiger partial charge in [0.25, 0.3) is 0 Å². The second-order valence-corrected chi connectivity index (χ2v) is 7.06. The smallest absolute Gasteiger partial charge is 0.324 e. The predicted molar refractivity (Wildman–Crippen MR) is 65.6 cm³/mol. The molecule has 0 unspecified atom stereocenters. The van der Waals surface area contributed by atoms with Gasteiger partial charge in [0.1, 0.15) is 5.62 Å². The lowest BCUT2D eigenvalue weighted by Gasteiger charge is -2.03. The molecule has 1 aromatic carbocycles. The number of alkyl halides is 1. The highest BCUT2D eigenvalue weighted by atomic mass is 35.5. The fourth-order valence-corrected chi connectivity index (χ4v) is 1.46. The molecule has 6 nitrogen and oxygen atoms in total. The molecule has 0 radical (unpaired) electrons. The molecule has 4 N–H and O–H groups in total. The van der Waals surface area contributed by atoms with Crippen molar-refractivity contribution >= 4 is 32.1 Å². The highest BCUT2D eigenvalue weighted by Gasteiger charge is 2.15. The maximum atomic E-state index is 10.7. The maximum absolute atomic E-state index is 10.7. The van der Waals surface area contributed by atoms with Gasteiger partial charge in [-0.3, -0.25) is 9.13 Å². The Morgan fingerprint density at radius 3 is 1.88 bits per heavy atom.